The Kier molecular flexibility index (Phi) is 7.22. The van der Waals surface area contributed by atoms with E-state index in [4.69, 9.17) is 18.6 Å². The number of carbonyl (C=O) groups is 1. The van der Waals surface area contributed by atoms with Gasteiger partial charge in [0, 0.05) is 13.0 Å². The molecule has 2 aromatic carbocycles. The second-order valence-corrected chi connectivity index (χ2v) is 19.6. The molecule has 2 saturated heterocycles. The van der Waals surface area contributed by atoms with Gasteiger partial charge in [0.05, 0.1) is 24.7 Å². The van der Waals surface area contributed by atoms with E-state index >= 15 is 0 Å². The van der Waals surface area contributed by atoms with Crippen LogP contribution in [-0.4, -0.2) is 38.9 Å². The molecular weight excluding hydrogens is 552 g/mol. The van der Waals surface area contributed by atoms with Crippen molar-refractivity contribution in [1.29, 1.82) is 0 Å². The summed E-state index contributed by atoms with van der Waals surface area (Å²) in [4.78, 5) is 13.8. The lowest BCUT2D eigenvalue weighted by atomic mass is 9.51. The molecule has 4 fully saturated rings. The first kappa shape index (κ1) is 29.3. The highest BCUT2D eigenvalue weighted by atomic mass is 28.4. The van der Waals surface area contributed by atoms with Crippen molar-refractivity contribution in [3.63, 3.8) is 0 Å². The van der Waals surface area contributed by atoms with Gasteiger partial charge >= 0.3 is 5.97 Å². The Labute approximate surface area is 258 Å². The summed E-state index contributed by atoms with van der Waals surface area (Å²) in [6.07, 6.45) is 8.94. The van der Waals surface area contributed by atoms with E-state index in [2.05, 4.69) is 88.4 Å². The molecule has 0 bridgehead atoms. The quantitative estimate of drug-likeness (QED) is 0.287. The number of fused-ring (bicyclic) bond motifs is 3. The zero-order valence-electron chi connectivity index (χ0n) is 26.5. The highest BCUT2D eigenvalue weighted by Crippen LogP contribution is 2.59. The largest absolute Gasteiger partial charge is 0.469 e. The molecule has 6 heteroatoms. The highest BCUT2D eigenvalue weighted by molar-refractivity contribution is 6.99. The average Bonchev–Trinajstić information content (AvgIpc) is 3.51. The van der Waals surface area contributed by atoms with E-state index in [1.54, 1.807) is 0 Å². The minimum absolute atomic E-state index is 0.01000. The molecule has 0 amide bonds. The van der Waals surface area contributed by atoms with E-state index in [0.717, 1.165) is 44.9 Å². The first-order valence-corrected chi connectivity index (χ1v) is 18.5. The molecule has 3 aliphatic heterocycles. The van der Waals surface area contributed by atoms with E-state index in [0.29, 0.717) is 18.4 Å². The summed E-state index contributed by atoms with van der Waals surface area (Å²) < 4.78 is 25.9. The van der Waals surface area contributed by atoms with Gasteiger partial charge in [0.25, 0.3) is 8.32 Å². The SMILES string of the molecule is CC(C)(C)[Si](O[C@H]1CC[C@@]2(C)C(CC[C@H]3C(=O)O[C@@H]4CO[C@]5(C)OC=C(CC[C@@H]32)[C@H]45)C1)(c1ccccc1)c1ccccc1. The standard InChI is InChI=1S/C37H48O5Si/c1-35(2,3)43(28-12-8-6-9-13-28,29-14-10-7-11-15-29)42-27-20-21-36(4)26(22-27)17-18-30-31(36)19-16-25-23-39-37(5)33(25)32(24-40-37)41-34(30)38/h6-15,23,26-27,30-33H,16-22,24H2,1-5H3/t26?,27-,30+,31-,32+,33+,36-,37-/m0/s1. The van der Waals surface area contributed by atoms with Gasteiger partial charge < -0.3 is 18.6 Å². The molecule has 5 nitrogen and oxygen atoms in total. The van der Waals surface area contributed by atoms with Gasteiger partial charge in [-0.15, -0.1) is 0 Å². The van der Waals surface area contributed by atoms with Crippen LogP contribution < -0.4 is 10.4 Å². The molecule has 1 unspecified atom stereocenters. The van der Waals surface area contributed by atoms with Gasteiger partial charge in [-0.1, -0.05) is 88.4 Å². The fourth-order valence-electron chi connectivity index (χ4n) is 9.81. The van der Waals surface area contributed by atoms with Crippen LogP contribution >= 0.6 is 0 Å². The van der Waals surface area contributed by atoms with Gasteiger partial charge in [-0.05, 0) is 83.2 Å². The molecule has 3 heterocycles. The zero-order chi connectivity index (χ0) is 30.0. The van der Waals surface area contributed by atoms with E-state index in [1.165, 1.54) is 15.9 Å². The van der Waals surface area contributed by atoms with Crippen LogP contribution in [0, 0.1) is 29.1 Å². The fourth-order valence-corrected chi connectivity index (χ4v) is 14.5. The maximum absolute atomic E-state index is 13.8. The van der Waals surface area contributed by atoms with Crippen LogP contribution in [0.25, 0.3) is 0 Å². The molecule has 43 heavy (non-hydrogen) atoms. The third-order valence-electron chi connectivity index (χ3n) is 12.0. The Morgan fingerprint density at radius 3 is 2.23 bits per heavy atom. The molecule has 0 aromatic heterocycles. The Morgan fingerprint density at radius 2 is 1.58 bits per heavy atom. The van der Waals surface area contributed by atoms with Crippen LogP contribution in [0.3, 0.4) is 0 Å². The van der Waals surface area contributed by atoms with E-state index < -0.39 is 14.1 Å². The summed E-state index contributed by atoms with van der Waals surface area (Å²) in [6, 6.07) is 22.0. The lowest BCUT2D eigenvalue weighted by Crippen LogP contribution is -2.68. The monoisotopic (exact) mass is 600 g/mol. The number of carbonyl (C=O) groups excluding carboxylic acids is 1. The molecule has 2 saturated carbocycles. The van der Waals surface area contributed by atoms with Crippen molar-refractivity contribution in [2.45, 2.75) is 103 Å². The summed E-state index contributed by atoms with van der Waals surface area (Å²) in [6.45, 7) is 12.0. The minimum Gasteiger partial charge on any atom is -0.469 e. The van der Waals surface area contributed by atoms with Gasteiger partial charge in [-0.25, -0.2) is 0 Å². The fraction of sp³-hybridized carbons (Fsp3) is 0.595. The van der Waals surface area contributed by atoms with Gasteiger partial charge in [-0.3, -0.25) is 4.79 Å². The van der Waals surface area contributed by atoms with Gasteiger partial charge in [0.15, 0.2) is 0 Å². The summed E-state index contributed by atoms with van der Waals surface area (Å²) in [5.74, 6) is 0.0967. The maximum atomic E-state index is 13.8. The number of benzene rings is 2. The Morgan fingerprint density at radius 1 is 0.907 bits per heavy atom. The van der Waals surface area contributed by atoms with Gasteiger partial charge in [0.1, 0.15) is 6.10 Å². The molecule has 0 spiro atoms. The normalized spacial score (nSPS) is 37.4. The van der Waals surface area contributed by atoms with Crippen LogP contribution in [-0.2, 0) is 23.4 Å². The van der Waals surface area contributed by atoms with Crippen LogP contribution in [0.5, 0.6) is 0 Å². The molecule has 230 valence electrons. The van der Waals surface area contributed by atoms with Crippen LogP contribution in [0.1, 0.15) is 79.6 Å². The third-order valence-corrected chi connectivity index (χ3v) is 17.1. The van der Waals surface area contributed by atoms with Crippen molar-refractivity contribution < 1.29 is 23.4 Å². The molecular formula is C37H48O5Si. The molecule has 2 aliphatic carbocycles. The predicted octanol–water partition coefficient (Wildman–Crippen LogP) is 6.75. The Bertz CT molecular complexity index is 1330. The van der Waals surface area contributed by atoms with E-state index in [1.807, 2.05) is 13.2 Å². The maximum Gasteiger partial charge on any atom is 0.309 e. The molecule has 0 N–H and O–H groups in total. The van der Waals surface area contributed by atoms with Crippen LogP contribution in [0.4, 0.5) is 0 Å². The number of hydrogen-bond acceptors (Lipinski definition) is 5. The van der Waals surface area contributed by atoms with Crippen molar-refractivity contribution >= 4 is 24.7 Å². The second-order valence-electron chi connectivity index (χ2n) is 15.3. The lowest BCUT2D eigenvalue weighted by molar-refractivity contribution is -0.166. The van der Waals surface area contributed by atoms with Crippen LogP contribution in [0.15, 0.2) is 72.5 Å². The molecule has 7 rings (SSSR count). The first-order chi connectivity index (χ1) is 20.6. The van der Waals surface area contributed by atoms with E-state index in [9.17, 15) is 4.79 Å². The average molecular weight is 601 g/mol. The minimum atomic E-state index is -2.62. The second kappa shape index (κ2) is 10.6. The van der Waals surface area contributed by atoms with Crippen molar-refractivity contribution in [2.75, 3.05) is 6.61 Å². The van der Waals surface area contributed by atoms with Gasteiger partial charge in [-0.2, -0.15) is 0 Å². The van der Waals surface area contributed by atoms with Crippen molar-refractivity contribution in [3.8, 4) is 0 Å². The first-order valence-electron chi connectivity index (χ1n) is 16.6. The summed E-state index contributed by atoms with van der Waals surface area (Å²) >= 11 is 0. The van der Waals surface area contributed by atoms with Crippen molar-refractivity contribution in [2.24, 2.45) is 29.1 Å². The Balaban J connectivity index is 1.17. The third kappa shape index (κ3) is 4.66. The summed E-state index contributed by atoms with van der Waals surface area (Å²) in [7, 11) is -2.62. The molecule has 8 atom stereocenters. The van der Waals surface area contributed by atoms with Crippen molar-refractivity contribution in [1.82, 2.24) is 0 Å². The molecule has 5 aliphatic rings. The molecule has 2 aromatic rings. The topological polar surface area (TPSA) is 54.0 Å². The number of esters is 1. The zero-order valence-corrected chi connectivity index (χ0v) is 27.5. The van der Waals surface area contributed by atoms with E-state index in [-0.39, 0.29) is 40.5 Å². The predicted molar refractivity (Wildman–Crippen MR) is 170 cm³/mol. The van der Waals surface area contributed by atoms with Crippen molar-refractivity contribution in [3.05, 3.63) is 72.5 Å². The van der Waals surface area contributed by atoms with Crippen LogP contribution in [0.2, 0.25) is 5.04 Å². The number of ether oxygens (including phenoxy) is 3. The number of rotatable bonds is 4. The van der Waals surface area contributed by atoms with Gasteiger partial charge in [0.2, 0.25) is 5.79 Å². The summed E-state index contributed by atoms with van der Waals surface area (Å²) in [5, 5.41) is 2.65. The lowest BCUT2D eigenvalue weighted by Gasteiger charge is -2.56. The highest BCUT2D eigenvalue weighted by Gasteiger charge is 2.59. The summed E-state index contributed by atoms with van der Waals surface area (Å²) in [5.41, 5.74) is 1.35. The Hall–Kier alpha value is -2.41. The number of hydrogen-bond donors (Lipinski definition) is 0. The molecule has 0 radical (unpaired) electrons. The smallest absolute Gasteiger partial charge is 0.309 e.